The van der Waals surface area contributed by atoms with Crippen LogP contribution < -0.4 is 5.73 Å². The average Bonchev–Trinajstić information content (AvgIpc) is 2.55. The number of hydrogen-bond donors (Lipinski definition) is 2. The Bertz CT molecular complexity index is 572. The summed E-state index contributed by atoms with van der Waals surface area (Å²) in [7, 11) is 1.86. The molecule has 1 heterocycles. The van der Waals surface area contributed by atoms with Gasteiger partial charge >= 0.3 is 0 Å². The zero-order valence-corrected chi connectivity index (χ0v) is 9.84. The molecule has 0 fully saturated rings. The van der Waals surface area contributed by atoms with Crippen LogP contribution in [0.5, 0.6) is 0 Å². The molecule has 0 saturated heterocycles. The van der Waals surface area contributed by atoms with E-state index in [9.17, 15) is 9.90 Å². The topological polar surface area (TPSA) is 81.1 Å². The van der Waals surface area contributed by atoms with E-state index >= 15 is 0 Å². The summed E-state index contributed by atoms with van der Waals surface area (Å²) in [6.07, 6.45) is 0.0398. The van der Waals surface area contributed by atoms with E-state index in [0.717, 1.165) is 16.9 Å². The first-order valence-electron chi connectivity index (χ1n) is 5.42. The number of nitrogens with zero attached hydrogens (tertiary/aromatic N) is 2. The molecular formula is C12H15N3O2. The molecule has 5 heteroatoms. The molecule has 0 unspecified atom stereocenters. The molecule has 90 valence electrons. The van der Waals surface area contributed by atoms with Gasteiger partial charge in [-0.05, 0) is 25.1 Å². The predicted octanol–water partition coefficient (Wildman–Crippen LogP) is 0.595. The predicted molar refractivity (Wildman–Crippen MR) is 64.6 cm³/mol. The second-order valence-corrected chi connectivity index (χ2v) is 4.21. The minimum Gasteiger partial charge on any atom is -0.393 e. The Morgan fingerprint density at radius 2 is 2.29 bits per heavy atom. The summed E-state index contributed by atoms with van der Waals surface area (Å²) in [6, 6.07) is 5.14. The lowest BCUT2D eigenvalue weighted by Gasteiger charge is -2.04. The molecular weight excluding hydrogens is 218 g/mol. The van der Waals surface area contributed by atoms with E-state index in [1.165, 1.54) is 0 Å². The van der Waals surface area contributed by atoms with Crippen LogP contribution in [-0.2, 0) is 13.5 Å². The van der Waals surface area contributed by atoms with Crippen molar-refractivity contribution in [3.63, 3.8) is 0 Å². The van der Waals surface area contributed by atoms with E-state index in [1.54, 1.807) is 25.1 Å². The van der Waals surface area contributed by atoms with Crippen molar-refractivity contribution in [1.29, 1.82) is 0 Å². The maximum absolute atomic E-state index is 11.1. The highest BCUT2D eigenvalue weighted by atomic mass is 16.3. The normalized spacial score (nSPS) is 12.9. The molecule has 0 bridgehead atoms. The van der Waals surface area contributed by atoms with Crippen LogP contribution in [0.1, 0.15) is 23.1 Å². The molecule has 0 saturated carbocycles. The molecule has 0 aliphatic carbocycles. The number of nitrogens with two attached hydrogens (primary N) is 1. The number of imidazole rings is 1. The van der Waals surface area contributed by atoms with E-state index < -0.39 is 12.0 Å². The molecule has 1 atom stereocenters. The number of aryl methyl sites for hydroxylation is 1. The van der Waals surface area contributed by atoms with Crippen LogP contribution in [0.2, 0.25) is 0 Å². The van der Waals surface area contributed by atoms with E-state index in [1.807, 2.05) is 11.6 Å². The molecule has 3 N–H and O–H groups in total. The first-order valence-corrected chi connectivity index (χ1v) is 5.42. The van der Waals surface area contributed by atoms with Gasteiger partial charge in [-0.1, -0.05) is 0 Å². The lowest BCUT2D eigenvalue weighted by molar-refractivity contribution is 0.100. The van der Waals surface area contributed by atoms with Crippen molar-refractivity contribution in [2.45, 2.75) is 19.4 Å². The Hall–Kier alpha value is -1.88. The average molecular weight is 233 g/mol. The third-order valence-corrected chi connectivity index (χ3v) is 2.74. The zero-order chi connectivity index (χ0) is 12.6. The number of hydrogen-bond acceptors (Lipinski definition) is 3. The highest BCUT2D eigenvalue weighted by molar-refractivity contribution is 5.96. The summed E-state index contributed by atoms with van der Waals surface area (Å²) in [6.45, 7) is 1.72. The standard InChI is InChI=1S/C12H15N3O2/c1-7(16)5-11-14-9-4-3-8(12(13)17)6-10(9)15(11)2/h3-4,6-7,16H,5H2,1-2H3,(H2,13,17)/t7-/m1/s1. The van der Waals surface area contributed by atoms with Crippen molar-refractivity contribution in [3.8, 4) is 0 Å². The monoisotopic (exact) mass is 233 g/mol. The second-order valence-electron chi connectivity index (χ2n) is 4.21. The van der Waals surface area contributed by atoms with Gasteiger partial charge in [0.25, 0.3) is 0 Å². The van der Waals surface area contributed by atoms with E-state index in [0.29, 0.717) is 12.0 Å². The van der Waals surface area contributed by atoms with Crippen LogP contribution >= 0.6 is 0 Å². The number of primary amides is 1. The number of rotatable bonds is 3. The van der Waals surface area contributed by atoms with Gasteiger partial charge in [-0.3, -0.25) is 4.79 Å². The van der Waals surface area contributed by atoms with E-state index in [-0.39, 0.29) is 0 Å². The van der Waals surface area contributed by atoms with Crippen molar-refractivity contribution in [2.75, 3.05) is 0 Å². The third-order valence-electron chi connectivity index (χ3n) is 2.74. The fourth-order valence-electron chi connectivity index (χ4n) is 1.84. The van der Waals surface area contributed by atoms with Crippen molar-refractivity contribution in [2.24, 2.45) is 12.8 Å². The zero-order valence-electron chi connectivity index (χ0n) is 9.84. The largest absolute Gasteiger partial charge is 0.393 e. The van der Waals surface area contributed by atoms with Gasteiger partial charge in [-0.2, -0.15) is 0 Å². The first-order chi connectivity index (χ1) is 7.99. The molecule has 0 aliphatic rings. The fourth-order valence-corrected chi connectivity index (χ4v) is 1.84. The SMILES string of the molecule is C[C@@H](O)Cc1nc2ccc(C(N)=O)cc2n1C. The summed E-state index contributed by atoms with van der Waals surface area (Å²) < 4.78 is 1.87. The number of benzene rings is 1. The summed E-state index contributed by atoms with van der Waals surface area (Å²) in [5, 5.41) is 9.37. The molecule has 17 heavy (non-hydrogen) atoms. The maximum Gasteiger partial charge on any atom is 0.248 e. The Labute approximate surface area is 98.9 Å². The van der Waals surface area contributed by atoms with Crippen LogP contribution in [0.4, 0.5) is 0 Å². The number of aliphatic hydroxyl groups is 1. The van der Waals surface area contributed by atoms with Crippen molar-refractivity contribution < 1.29 is 9.90 Å². The highest BCUT2D eigenvalue weighted by Gasteiger charge is 2.11. The van der Waals surface area contributed by atoms with E-state index in [4.69, 9.17) is 5.73 Å². The van der Waals surface area contributed by atoms with Crippen LogP contribution in [0, 0.1) is 0 Å². The molecule has 2 rings (SSSR count). The van der Waals surface area contributed by atoms with Crippen LogP contribution in [0.25, 0.3) is 11.0 Å². The summed E-state index contributed by atoms with van der Waals surface area (Å²) >= 11 is 0. The van der Waals surface area contributed by atoms with Crippen molar-refractivity contribution in [1.82, 2.24) is 9.55 Å². The van der Waals surface area contributed by atoms with Crippen molar-refractivity contribution in [3.05, 3.63) is 29.6 Å². The van der Waals surface area contributed by atoms with Crippen LogP contribution in [0.3, 0.4) is 0 Å². The van der Waals surface area contributed by atoms with Gasteiger partial charge < -0.3 is 15.4 Å². The second kappa shape index (κ2) is 4.18. The summed E-state index contributed by atoms with van der Waals surface area (Å²) in [5.74, 6) is 0.335. The van der Waals surface area contributed by atoms with Gasteiger partial charge in [0.15, 0.2) is 0 Å². The number of aliphatic hydroxyl groups excluding tert-OH is 1. The number of fused-ring (bicyclic) bond motifs is 1. The lowest BCUT2D eigenvalue weighted by Crippen LogP contribution is -2.11. The number of amides is 1. The molecule has 0 spiro atoms. The van der Waals surface area contributed by atoms with Gasteiger partial charge in [0.1, 0.15) is 5.82 Å². The van der Waals surface area contributed by atoms with Crippen molar-refractivity contribution >= 4 is 16.9 Å². The maximum atomic E-state index is 11.1. The lowest BCUT2D eigenvalue weighted by atomic mass is 10.2. The summed E-state index contributed by atoms with van der Waals surface area (Å²) in [4.78, 5) is 15.5. The fraction of sp³-hybridized carbons (Fsp3) is 0.333. The minimum atomic E-state index is -0.454. The van der Waals surface area contributed by atoms with Crippen LogP contribution in [-0.4, -0.2) is 26.7 Å². The molecule has 1 aromatic heterocycles. The van der Waals surface area contributed by atoms with E-state index in [2.05, 4.69) is 4.98 Å². The smallest absolute Gasteiger partial charge is 0.248 e. The van der Waals surface area contributed by atoms with Gasteiger partial charge in [0.2, 0.25) is 5.91 Å². The molecule has 1 amide bonds. The number of aromatic nitrogens is 2. The van der Waals surface area contributed by atoms with Gasteiger partial charge in [0.05, 0.1) is 17.1 Å². The Morgan fingerprint density at radius 1 is 1.59 bits per heavy atom. The molecule has 2 aromatic rings. The molecule has 1 aromatic carbocycles. The molecule has 0 radical (unpaired) electrons. The highest BCUT2D eigenvalue weighted by Crippen LogP contribution is 2.17. The van der Waals surface area contributed by atoms with Gasteiger partial charge in [-0.25, -0.2) is 4.98 Å². The van der Waals surface area contributed by atoms with Gasteiger partial charge in [0, 0.05) is 19.0 Å². The number of carbonyl (C=O) groups is 1. The third kappa shape index (κ3) is 2.14. The Kier molecular flexibility index (Phi) is 2.85. The first kappa shape index (κ1) is 11.6. The Balaban J connectivity index is 2.54. The minimum absolute atomic E-state index is 0.443. The number of carbonyl (C=O) groups excluding carboxylic acids is 1. The quantitative estimate of drug-likeness (QED) is 0.814. The summed E-state index contributed by atoms with van der Waals surface area (Å²) in [5.41, 5.74) is 7.34. The molecule has 0 aliphatic heterocycles. The van der Waals surface area contributed by atoms with Gasteiger partial charge in [-0.15, -0.1) is 0 Å². The molecule has 5 nitrogen and oxygen atoms in total. The Morgan fingerprint density at radius 3 is 2.88 bits per heavy atom. The van der Waals surface area contributed by atoms with Crippen LogP contribution in [0.15, 0.2) is 18.2 Å².